The molecule has 7 nitrogen and oxygen atoms in total. The number of benzene rings is 2. The maximum absolute atomic E-state index is 12.4. The SMILES string of the molecule is N[C@H](Cc1cc(I)c(Oc2cc(I)c(OC(=O)c3cccnc3)c(I)c2)c(I)c1)C(=O)O. The third-order valence-corrected chi connectivity index (χ3v) is 7.32. The molecule has 0 aliphatic carbocycles. The fraction of sp³-hybridized carbons (Fsp3) is 0.0952. The zero-order valence-corrected chi connectivity index (χ0v) is 24.6. The second kappa shape index (κ2) is 11.6. The van der Waals surface area contributed by atoms with Crippen LogP contribution in [-0.4, -0.2) is 28.1 Å². The molecule has 3 N–H and O–H groups in total. The highest BCUT2D eigenvalue weighted by Crippen LogP contribution is 2.37. The van der Waals surface area contributed by atoms with Gasteiger partial charge in [-0.2, -0.15) is 0 Å². The van der Waals surface area contributed by atoms with Gasteiger partial charge in [0.25, 0.3) is 0 Å². The predicted octanol–water partition coefficient (Wildman–Crippen LogP) is 5.47. The van der Waals surface area contributed by atoms with Crippen LogP contribution in [0.3, 0.4) is 0 Å². The monoisotopic (exact) mass is 882 g/mol. The standard InChI is InChI=1S/C21H14I4N2O5/c22-13-4-10(6-17(26)20(28)29)5-14(23)18(13)31-12-7-15(24)19(16(25)8-12)32-21(30)11-2-1-3-27-9-11/h1-5,7-9,17H,6,26H2,(H,28,29)/t17-/m1/s1. The maximum Gasteiger partial charge on any atom is 0.345 e. The van der Waals surface area contributed by atoms with Gasteiger partial charge in [0.1, 0.15) is 11.8 Å². The first kappa shape index (κ1) is 25.8. The summed E-state index contributed by atoms with van der Waals surface area (Å²) in [7, 11) is 0. The van der Waals surface area contributed by atoms with E-state index in [-0.39, 0.29) is 6.42 Å². The van der Waals surface area contributed by atoms with Crippen LogP contribution in [0.1, 0.15) is 15.9 Å². The number of nitrogens with zero attached hydrogens (tertiary/aromatic N) is 1. The Bertz CT molecular complexity index is 1130. The Morgan fingerprint density at radius 2 is 1.59 bits per heavy atom. The number of aromatic nitrogens is 1. The van der Waals surface area contributed by atoms with Crippen molar-refractivity contribution in [2.24, 2.45) is 5.73 Å². The molecule has 3 aromatic rings. The van der Waals surface area contributed by atoms with Crippen LogP contribution >= 0.6 is 90.4 Å². The number of carbonyl (C=O) groups excluding carboxylic acids is 1. The summed E-state index contributed by atoms with van der Waals surface area (Å²) in [6, 6.07) is 9.65. The van der Waals surface area contributed by atoms with E-state index in [4.69, 9.17) is 20.3 Å². The fourth-order valence-corrected chi connectivity index (χ4v) is 6.66. The number of esters is 1. The molecule has 0 bridgehead atoms. The number of hydrogen-bond acceptors (Lipinski definition) is 6. The summed E-state index contributed by atoms with van der Waals surface area (Å²) >= 11 is 8.50. The molecule has 1 heterocycles. The minimum absolute atomic E-state index is 0.231. The quantitative estimate of drug-likeness (QED) is 0.184. The van der Waals surface area contributed by atoms with Crippen molar-refractivity contribution >= 4 is 102 Å². The van der Waals surface area contributed by atoms with Crippen molar-refractivity contribution in [3.05, 3.63) is 74.2 Å². The van der Waals surface area contributed by atoms with E-state index in [0.29, 0.717) is 22.8 Å². The first-order valence-corrected chi connectivity index (χ1v) is 13.2. The summed E-state index contributed by atoms with van der Waals surface area (Å²) in [5, 5.41) is 9.04. The van der Waals surface area contributed by atoms with Gasteiger partial charge in [-0.15, -0.1) is 0 Å². The molecule has 0 saturated carbocycles. The van der Waals surface area contributed by atoms with E-state index in [9.17, 15) is 9.59 Å². The van der Waals surface area contributed by atoms with Gasteiger partial charge in [-0.05, 0) is 139 Å². The van der Waals surface area contributed by atoms with Crippen LogP contribution in [0.15, 0.2) is 48.8 Å². The summed E-state index contributed by atoms with van der Waals surface area (Å²) in [5.41, 5.74) is 6.84. The molecule has 2 aromatic carbocycles. The van der Waals surface area contributed by atoms with Crippen LogP contribution in [-0.2, 0) is 11.2 Å². The van der Waals surface area contributed by atoms with E-state index in [0.717, 1.165) is 19.8 Å². The number of carboxylic acids is 1. The fourth-order valence-electron chi connectivity index (χ4n) is 2.62. The number of rotatable bonds is 7. The Balaban J connectivity index is 1.81. The molecular formula is C21H14I4N2O5. The first-order chi connectivity index (χ1) is 15.2. The number of pyridine rings is 1. The summed E-state index contributed by atoms with van der Waals surface area (Å²) < 4.78 is 14.8. The summed E-state index contributed by atoms with van der Waals surface area (Å²) in [6.45, 7) is 0. The molecule has 1 aromatic heterocycles. The third-order valence-electron chi connectivity index (χ3n) is 4.11. The number of carbonyl (C=O) groups is 2. The lowest BCUT2D eigenvalue weighted by Gasteiger charge is -2.15. The van der Waals surface area contributed by atoms with Crippen molar-refractivity contribution in [2.45, 2.75) is 12.5 Å². The van der Waals surface area contributed by atoms with Gasteiger partial charge >= 0.3 is 11.9 Å². The van der Waals surface area contributed by atoms with Crippen LogP contribution in [0.4, 0.5) is 0 Å². The molecule has 1 atom stereocenters. The number of nitrogens with two attached hydrogens (primary N) is 1. The number of aliphatic carboxylic acids is 1. The minimum Gasteiger partial charge on any atom is -0.480 e. The summed E-state index contributed by atoms with van der Waals surface area (Å²) in [4.78, 5) is 27.4. The van der Waals surface area contributed by atoms with Crippen molar-refractivity contribution in [3.8, 4) is 17.2 Å². The predicted molar refractivity (Wildman–Crippen MR) is 152 cm³/mol. The van der Waals surface area contributed by atoms with Gasteiger partial charge in [0.15, 0.2) is 11.5 Å². The maximum atomic E-state index is 12.4. The summed E-state index contributed by atoms with van der Waals surface area (Å²) in [6.07, 6.45) is 3.27. The average Bonchev–Trinajstić information content (AvgIpc) is 2.73. The molecule has 0 spiro atoms. The lowest BCUT2D eigenvalue weighted by Crippen LogP contribution is -2.32. The van der Waals surface area contributed by atoms with E-state index in [2.05, 4.69) is 95.3 Å². The van der Waals surface area contributed by atoms with Gasteiger partial charge in [-0.25, -0.2) is 4.79 Å². The molecule has 0 aliphatic heterocycles. The first-order valence-electron chi connectivity index (χ1n) is 8.91. The Morgan fingerprint density at radius 3 is 2.12 bits per heavy atom. The Hall–Kier alpha value is -0.790. The third kappa shape index (κ3) is 6.63. The zero-order valence-electron chi connectivity index (χ0n) is 16.0. The highest BCUT2D eigenvalue weighted by Gasteiger charge is 2.18. The Morgan fingerprint density at radius 1 is 1.00 bits per heavy atom. The van der Waals surface area contributed by atoms with Crippen LogP contribution in [0.25, 0.3) is 0 Å². The molecule has 11 heteroatoms. The molecule has 0 radical (unpaired) electrons. The van der Waals surface area contributed by atoms with Gasteiger partial charge in [-0.1, -0.05) is 0 Å². The van der Waals surface area contributed by atoms with Gasteiger partial charge in [0, 0.05) is 12.4 Å². The van der Waals surface area contributed by atoms with Crippen molar-refractivity contribution in [3.63, 3.8) is 0 Å². The largest absolute Gasteiger partial charge is 0.480 e. The second-order valence-electron chi connectivity index (χ2n) is 6.49. The normalized spacial score (nSPS) is 11.7. The smallest absolute Gasteiger partial charge is 0.345 e. The topological polar surface area (TPSA) is 112 Å². The lowest BCUT2D eigenvalue weighted by molar-refractivity contribution is -0.138. The molecule has 0 fully saturated rings. The van der Waals surface area contributed by atoms with Gasteiger partial charge in [0.05, 0.1) is 19.8 Å². The highest BCUT2D eigenvalue weighted by atomic mass is 127. The van der Waals surface area contributed by atoms with E-state index >= 15 is 0 Å². The number of hydrogen-bond donors (Lipinski definition) is 2. The molecule has 3 rings (SSSR count). The molecule has 0 aliphatic rings. The molecule has 0 saturated heterocycles. The number of carboxylic acid groups (broad SMARTS) is 1. The van der Waals surface area contributed by atoms with E-state index < -0.39 is 18.0 Å². The zero-order chi connectivity index (χ0) is 23.4. The molecular weight excluding hydrogens is 868 g/mol. The van der Waals surface area contributed by atoms with Crippen LogP contribution in [0.2, 0.25) is 0 Å². The van der Waals surface area contributed by atoms with Gasteiger partial charge in [0.2, 0.25) is 0 Å². The Kier molecular flexibility index (Phi) is 9.33. The van der Waals surface area contributed by atoms with Gasteiger partial charge < -0.3 is 20.3 Å². The van der Waals surface area contributed by atoms with Crippen LogP contribution in [0, 0.1) is 14.3 Å². The van der Waals surface area contributed by atoms with Crippen molar-refractivity contribution in [2.75, 3.05) is 0 Å². The van der Waals surface area contributed by atoms with Crippen molar-refractivity contribution in [1.29, 1.82) is 0 Å². The highest BCUT2D eigenvalue weighted by molar-refractivity contribution is 14.1. The second-order valence-corrected chi connectivity index (χ2v) is 11.1. The molecule has 32 heavy (non-hydrogen) atoms. The average molecular weight is 882 g/mol. The Labute approximate surface area is 238 Å². The number of halogens is 4. The molecule has 166 valence electrons. The van der Waals surface area contributed by atoms with Gasteiger partial charge in [-0.3, -0.25) is 9.78 Å². The van der Waals surface area contributed by atoms with Crippen molar-refractivity contribution in [1.82, 2.24) is 4.98 Å². The molecule has 0 unspecified atom stereocenters. The van der Waals surface area contributed by atoms with Crippen molar-refractivity contribution < 1.29 is 24.2 Å². The van der Waals surface area contributed by atoms with Crippen LogP contribution < -0.4 is 15.2 Å². The molecule has 0 amide bonds. The van der Waals surface area contributed by atoms with E-state index in [1.54, 1.807) is 30.5 Å². The van der Waals surface area contributed by atoms with Crippen LogP contribution in [0.5, 0.6) is 17.2 Å². The lowest BCUT2D eigenvalue weighted by atomic mass is 10.1. The summed E-state index contributed by atoms with van der Waals surface area (Å²) in [5.74, 6) is 0.178. The minimum atomic E-state index is -1.04. The number of ether oxygens (including phenoxy) is 2. The van der Waals surface area contributed by atoms with E-state index in [1.165, 1.54) is 6.20 Å². The van der Waals surface area contributed by atoms with E-state index in [1.807, 2.05) is 12.1 Å².